The third-order valence-corrected chi connectivity index (χ3v) is 6.72. The average Bonchev–Trinajstić information content (AvgIpc) is 2.76. The lowest BCUT2D eigenvalue weighted by molar-refractivity contribution is -0.140. The van der Waals surface area contributed by atoms with Gasteiger partial charge in [0.05, 0.1) is 17.0 Å². The Morgan fingerprint density at radius 2 is 1.74 bits per heavy atom. The largest absolute Gasteiger partial charge is 0.354 e. The smallest absolute Gasteiger partial charge is 0.244 e. The highest BCUT2D eigenvalue weighted by Gasteiger charge is 2.32. The van der Waals surface area contributed by atoms with Crippen molar-refractivity contribution in [2.75, 3.05) is 23.7 Å². The Kier molecular flexibility index (Phi) is 10.1. The summed E-state index contributed by atoms with van der Waals surface area (Å²) in [6.07, 6.45) is 1.97. The predicted molar refractivity (Wildman–Crippen MR) is 133 cm³/mol. The molecule has 2 amide bonds. The molecular formula is C23H28Cl2FN3O4S. The molecular weight excluding hydrogens is 504 g/mol. The van der Waals surface area contributed by atoms with E-state index in [2.05, 4.69) is 5.32 Å². The molecule has 34 heavy (non-hydrogen) atoms. The molecule has 0 aromatic heterocycles. The zero-order chi connectivity index (χ0) is 25.5. The molecule has 7 nitrogen and oxygen atoms in total. The second-order valence-corrected chi connectivity index (χ2v) is 10.5. The summed E-state index contributed by atoms with van der Waals surface area (Å²) >= 11 is 12.2. The third kappa shape index (κ3) is 7.58. The van der Waals surface area contributed by atoms with Gasteiger partial charge in [0.2, 0.25) is 21.8 Å². The molecule has 11 heteroatoms. The van der Waals surface area contributed by atoms with E-state index in [9.17, 15) is 22.4 Å². The first-order chi connectivity index (χ1) is 16.0. The highest BCUT2D eigenvalue weighted by molar-refractivity contribution is 7.92. The number of anilines is 1. The van der Waals surface area contributed by atoms with Crippen LogP contribution in [-0.2, 0) is 26.2 Å². The van der Waals surface area contributed by atoms with E-state index >= 15 is 0 Å². The molecule has 2 rings (SSSR count). The van der Waals surface area contributed by atoms with Crippen LogP contribution < -0.4 is 9.62 Å². The summed E-state index contributed by atoms with van der Waals surface area (Å²) in [5.41, 5.74) is 0.680. The van der Waals surface area contributed by atoms with Crippen LogP contribution in [0.2, 0.25) is 10.0 Å². The molecule has 186 valence electrons. The summed E-state index contributed by atoms with van der Waals surface area (Å²) < 4.78 is 39.4. The lowest BCUT2D eigenvalue weighted by Gasteiger charge is -2.33. The van der Waals surface area contributed by atoms with Crippen LogP contribution in [0.1, 0.15) is 32.3 Å². The number of sulfonamides is 1. The first-order valence-corrected chi connectivity index (χ1v) is 13.3. The van der Waals surface area contributed by atoms with Gasteiger partial charge < -0.3 is 10.2 Å². The van der Waals surface area contributed by atoms with Gasteiger partial charge in [-0.25, -0.2) is 12.8 Å². The van der Waals surface area contributed by atoms with E-state index in [0.717, 1.165) is 10.6 Å². The number of nitrogens with one attached hydrogen (secondary N) is 1. The van der Waals surface area contributed by atoms with Crippen LogP contribution in [0.4, 0.5) is 10.1 Å². The normalized spacial score (nSPS) is 12.2. The second kappa shape index (κ2) is 12.4. The van der Waals surface area contributed by atoms with Crippen LogP contribution in [0.3, 0.4) is 0 Å². The maximum absolute atomic E-state index is 13.5. The van der Waals surface area contributed by atoms with Gasteiger partial charge in [0.15, 0.2) is 0 Å². The number of amides is 2. The van der Waals surface area contributed by atoms with Crippen molar-refractivity contribution >= 4 is 50.7 Å². The quantitative estimate of drug-likeness (QED) is 0.469. The van der Waals surface area contributed by atoms with Crippen molar-refractivity contribution in [2.45, 2.75) is 39.3 Å². The van der Waals surface area contributed by atoms with Crippen LogP contribution in [0.25, 0.3) is 0 Å². The Morgan fingerprint density at radius 1 is 1.09 bits per heavy atom. The van der Waals surface area contributed by atoms with Crippen LogP contribution in [0.5, 0.6) is 0 Å². The second-order valence-electron chi connectivity index (χ2n) is 7.73. The van der Waals surface area contributed by atoms with Crippen LogP contribution >= 0.6 is 23.2 Å². The topological polar surface area (TPSA) is 86.8 Å². The zero-order valence-electron chi connectivity index (χ0n) is 19.2. The number of carbonyl (C=O) groups excluding carboxylic acids is 2. The number of benzene rings is 2. The first-order valence-electron chi connectivity index (χ1n) is 10.7. The Balaban J connectivity index is 2.44. The van der Waals surface area contributed by atoms with Crippen molar-refractivity contribution in [3.8, 4) is 0 Å². The minimum Gasteiger partial charge on any atom is -0.354 e. The summed E-state index contributed by atoms with van der Waals surface area (Å²) in [5.74, 6) is -1.40. The van der Waals surface area contributed by atoms with E-state index in [1.165, 1.54) is 47.4 Å². The molecule has 2 aromatic rings. The monoisotopic (exact) mass is 531 g/mol. The standard InChI is InChI=1S/C23H28Cl2FN3O4S/c1-4-12-27-23(31)20(5-2)28(14-16-6-9-18(26)10-7-16)22(30)15-29(34(3,32)33)21-11-8-17(24)13-19(21)25/h6-11,13,20H,4-5,12,14-15H2,1-3H3,(H,27,31). The van der Waals surface area contributed by atoms with Crippen LogP contribution in [-0.4, -0.2) is 50.5 Å². The molecule has 0 saturated heterocycles. The molecule has 0 aliphatic carbocycles. The van der Waals surface area contributed by atoms with Gasteiger partial charge in [-0.05, 0) is 48.7 Å². The Hall–Kier alpha value is -2.36. The van der Waals surface area contributed by atoms with Crippen molar-refractivity contribution in [1.29, 1.82) is 0 Å². The van der Waals surface area contributed by atoms with E-state index < -0.39 is 34.3 Å². The van der Waals surface area contributed by atoms with Crippen molar-refractivity contribution in [3.63, 3.8) is 0 Å². The summed E-state index contributed by atoms with van der Waals surface area (Å²) in [5, 5.41) is 3.15. The minimum atomic E-state index is -3.92. The minimum absolute atomic E-state index is 0.0108. The van der Waals surface area contributed by atoms with E-state index in [1.54, 1.807) is 6.92 Å². The van der Waals surface area contributed by atoms with E-state index in [4.69, 9.17) is 23.2 Å². The van der Waals surface area contributed by atoms with Crippen molar-refractivity contribution in [2.24, 2.45) is 0 Å². The molecule has 0 heterocycles. The van der Waals surface area contributed by atoms with E-state index in [0.29, 0.717) is 30.0 Å². The fraction of sp³-hybridized carbons (Fsp3) is 0.391. The average molecular weight is 532 g/mol. The SMILES string of the molecule is CCCNC(=O)C(CC)N(Cc1ccc(F)cc1)C(=O)CN(c1ccc(Cl)cc1Cl)S(C)(=O)=O. The Morgan fingerprint density at radius 3 is 2.26 bits per heavy atom. The number of rotatable bonds is 11. The van der Waals surface area contributed by atoms with E-state index in [1.807, 2.05) is 6.92 Å². The Labute approximate surface area is 209 Å². The molecule has 0 saturated carbocycles. The van der Waals surface area contributed by atoms with Gasteiger partial charge in [-0.3, -0.25) is 13.9 Å². The van der Waals surface area contributed by atoms with Crippen molar-refractivity contribution < 1.29 is 22.4 Å². The molecule has 0 spiro atoms. The molecule has 0 fully saturated rings. The zero-order valence-corrected chi connectivity index (χ0v) is 21.6. The highest BCUT2D eigenvalue weighted by Crippen LogP contribution is 2.30. The molecule has 0 aliphatic rings. The van der Waals surface area contributed by atoms with Gasteiger partial charge in [-0.2, -0.15) is 0 Å². The molecule has 0 radical (unpaired) electrons. The van der Waals surface area contributed by atoms with Crippen LogP contribution in [0.15, 0.2) is 42.5 Å². The number of hydrogen-bond acceptors (Lipinski definition) is 4. The molecule has 1 atom stereocenters. The van der Waals surface area contributed by atoms with E-state index in [-0.39, 0.29) is 23.2 Å². The number of carbonyl (C=O) groups is 2. The molecule has 0 aliphatic heterocycles. The third-order valence-electron chi connectivity index (χ3n) is 5.06. The first kappa shape index (κ1) is 27.9. The van der Waals surface area contributed by atoms with Crippen LogP contribution in [0, 0.1) is 5.82 Å². The highest BCUT2D eigenvalue weighted by atomic mass is 35.5. The van der Waals surface area contributed by atoms with Gasteiger partial charge in [0.25, 0.3) is 0 Å². The fourth-order valence-corrected chi connectivity index (χ4v) is 4.77. The maximum atomic E-state index is 13.5. The maximum Gasteiger partial charge on any atom is 0.244 e. The van der Waals surface area contributed by atoms with Crippen molar-refractivity contribution in [1.82, 2.24) is 10.2 Å². The lowest BCUT2D eigenvalue weighted by atomic mass is 10.1. The van der Waals surface area contributed by atoms with Crippen molar-refractivity contribution in [3.05, 3.63) is 63.9 Å². The summed E-state index contributed by atoms with van der Waals surface area (Å²) in [7, 11) is -3.92. The van der Waals surface area contributed by atoms with Gasteiger partial charge in [0.1, 0.15) is 18.4 Å². The summed E-state index contributed by atoms with van der Waals surface area (Å²) in [6.45, 7) is 3.50. The van der Waals surface area contributed by atoms with Gasteiger partial charge in [-0.15, -0.1) is 0 Å². The molecule has 0 bridgehead atoms. The Bertz CT molecular complexity index is 1110. The number of nitrogens with zero attached hydrogens (tertiary/aromatic N) is 2. The van der Waals surface area contributed by atoms with Gasteiger partial charge >= 0.3 is 0 Å². The van der Waals surface area contributed by atoms with Gasteiger partial charge in [-0.1, -0.05) is 49.2 Å². The molecule has 1 N–H and O–H groups in total. The predicted octanol–water partition coefficient (Wildman–Crippen LogP) is 4.23. The summed E-state index contributed by atoms with van der Waals surface area (Å²) in [6, 6.07) is 8.94. The molecule has 1 unspecified atom stereocenters. The number of hydrogen-bond donors (Lipinski definition) is 1. The number of halogens is 3. The fourth-order valence-electron chi connectivity index (χ4n) is 3.35. The summed E-state index contributed by atoms with van der Waals surface area (Å²) in [4.78, 5) is 27.6. The lowest BCUT2D eigenvalue weighted by Crippen LogP contribution is -2.52. The molecule has 2 aromatic carbocycles. The van der Waals surface area contributed by atoms with Gasteiger partial charge in [0, 0.05) is 18.1 Å².